The van der Waals surface area contributed by atoms with Gasteiger partial charge >= 0.3 is 0 Å². The second-order valence-corrected chi connectivity index (χ2v) is 2.04. The van der Waals surface area contributed by atoms with Crippen molar-refractivity contribution in [3.63, 3.8) is 0 Å². The molecule has 2 aromatic rings. The predicted octanol–water partition coefficient (Wildman–Crippen LogP) is 1.40. The van der Waals surface area contributed by atoms with Gasteiger partial charge in [0.25, 0.3) is 0 Å². The number of rotatable bonds is 0. The first-order valence-corrected chi connectivity index (χ1v) is 2.91. The van der Waals surface area contributed by atoms with Crippen LogP contribution in [-0.2, 0) is 0 Å². The van der Waals surface area contributed by atoms with Gasteiger partial charge in [0.05, 0.1) is 0 Å². The third-order valence-corrected chi connectivity index (χ3v) is 1.36. The Labute approximate surface area is 57.6 Å². The zero-order valence-electron chi connectivity index (χ0n) is 5.24. The fourth-order valence-electron chi connectivity index (χ4n) is 0.860. The molecule has 1 aromatic heterocycles. The summed E-state index contributed by atoms with van der Waals surface area (Å²) in [5.41, 5.74) is 2.27. The minimum Gasteiger partial charge on any atom is -0.337 e. The van der Waals surface area contributed by atoms with Gasteiger partial charge in [-0.1, -0.05) is 12.1 Å². The fraction of sp³-hybridized carbons (Fsp3) is 0. The molecule has 0 fully saturated rings. The molecule has 3 nitrogen and oxygen atoms in total. The summed E-state index contributed by atoms with van der Waals surface area (Å²) in [6, 6.07) is 5.54. The van der Waals surface area contributed by atoms with Crippen LogP contribution in [0.15, 0.2) is 22.7 Å². The van der Waals surface area contributed by atoms with Gasteiger partial charge in [-0.2, -0.15) is 0 Å². The molecule has 49 valence electrons. The second-order valence-electron chi connectivity index (χ2n) is 2.04. The summed E-state index contributed by atoms with van der Waals surface area (Å²) in [6.45, 7) is 3.76. The highest BCUT2D eigenvalue weighted by atomic mass is 16.5. The molecule has 0 bridgehead atoms. The number of hydrogen-bond donors (Lipinski definition) is 0. The van der Waals surface area contributed by atoms with Crippen LogP contribution in [0.5, 0.6) is 0 Å². The smallest absolute Gasteiger partial charge is 0.187 e. The van der Waals surface area contributed by atoms with Crippen molar-refractivity contribution in [1.82, 2.24) is 10.4 Å². The quantitative estimate of drug-likeness (QED) is 0.545. The first-order chi connectivity index (χ1) is 4.88. The summed E-state index contributed by atoms with van der Waals surface area (Å²) in [5, 5.41) is 7.14. The van der Waals surface area contributed by atoms with Crippen LogP contribution in [-0.4, -0.2) is 10.4 Å². The van der Waals surface area contributed by atoms with Gasteiger partial charge in [-0.15, -0.1) is 5.10 Å². The van der Waals surface area contributed by atoms with Crippen molar-refractivity contribution in [3.8, 4) is 0 Å². The molecule has 2 rings (SSSR count). The van der Waals surface area contributed by atoms with Crippen LogP contribution in [0.25, 0.3) is 11.1 Å². The molecule has 0 aliphatic heterocycles. The number of benzene rings is 1. The minimum atomic E-state index is 0.688. The Bertz CT molecular complexity index is 353. The fourth-order valence-corrected chi connectivity index (χ4v) is 0.860. The molecule has 10 heavy (non-hydrogen) atoms. The minimum absolute atomic E-state index is 0.688. The van der Waals surface area contributed by atoms with Crippen LogP contribution in [0, 0.1) is 6.92 Å². The van der Waals surface area contributed by atoms with Crippen molar-refractivity contribution in [1.29, 1.82) is 0 Å². The molecule has 0 aliphatic rings. The van der Waals surface area contributed by atoms with Crippen molar-refractivity contribution in [2.75, 3.05) is 0 Å². The van der Waals surface area contributed by atoms with E-state index in [9.17, 15) is 0 Å². The Hall–Kier alpha value is -1.38. The van der Waals surface area contributed by atoms with Crippen LogP contribution in [0.4, 0.5) is 0 Å². The zero-order chi connectivity index (χ0) is 6.97. The van der Waals surface area contributed by atoms with E-state index in [0.29, 0.717) is 5.58 Å². The van der Waals surface area contributed by atoms with Gasteiger partial charge in [-0.25, -0.2) is 0 Å². The summed E-state index contributed by atoms with van der Waals surface area (Å²) in [7, 11) is 0. The van der Waals surface area contributed by atoms with E-state index in [2.05, 4.69) is 17.3 Å². The third kappa shape index (κ3) is 0.603. The van der Waals surface area contributed by atoms with Crippen LogP contribution in [0.1, 0.15) is 5.56 Å². The molecular formula is C7H5N2O. The van der Waals surface area contributed by atoms with E-state index in [4.69, 9.17) is 4.52 Å². The van der Waals surface area contributed by atoms with Gasteiger partial charge in [-0.3, -0.25) is 0 Å². The lowest BCUT2D eigenvalue weighted by atomic mass is 10.2. The molecule has 0 saturated carbocycles. The summed E-state index contributed by atoms with van der Waals surface area (Å²) in [6.07, 6.45) is 0. The molecule has 0 atom stereocenters. The molecule has 3 heteroatoms. The molecule has 0 unspecified atom stereocenters. The van der Waals surface area contributed by atoms with Crippen molar-refractivity contribution < 1.29 is 4.52 Å². The lowest BCUT2D eigenvalue weighted by molar-refractivity contribution is 0.424. The SMILES string of the molecule is [CH2]c1cccc2onnc12. The van der Waals surface area contributed by atoms with E-state index in [1.54, 1.807) is 0 Å². The number of hydrogen-bond acceptors (Lipinski definition) is 3. The summed E-state index contributed by atoms with van der Waals surface area (Å²) in [5.74, 6) is 0. The van der Waals surface area contributed by atoms with Crippen LogP contribution in [0.2, 0.25) is 0 Å². The van der Waals surface area contributed by atoms with Gasteiger partial charge in [0.15, 0.2) is 5.58 Å². The zero-order valence-corrected chi connectivity index (χ0v) is 5.24. The van der Waals surface area contributed by atoms with E-state index in [1.807, 2.05) is 18.2 Å². The maximum atomic E-state index is 4.80. The maximum Gasteiger partial charge on any atom is 0.187 e. The van der Waals surface area contributed by atoms with Gasteiger partial charge in [0.1, 0.15) is 5.52 Å². The Balaban J connectivity index is 2.95. The van der Waals surface area contributed by atoms with Gasteiger partial charge in [-0.05, 0) is 18.6 Å². The van der Waals surface area contributed by atoms with Crippen LogP contribution >= 0.6 is 0 Å². The molecular weight excluding hydrogens is 128 g/mol. The predicted molar refractivity (Wildman–Crippen MR) is 36.3 cm³/mol. The number of fused-ring (bicyclic) bond motifs is 1. The van der Waals surface area contributed by atoms with Crippen LogP contribution in [0.3, 0.4) is 0 Å². The maximum absolute atomic E-state index is 4.80. The lowest BCUT2D eigenvalue weighted by Gasteiger charge is -1.86. The number of aromatic nitrogens is 2. The Kier molecular flexibility index (Phi) is 0.974. The summed E-state index contributed by atoms with van der Waals surface area (Å²) >= 11 is 0. The summed E-state index contributed by atoms with van der Waals surface area (Å²) < 4.78 is 4.80. The van der Waals surface area contributed by atoms with E-state index in [1.165, 1.54) is 0 Å². The Morgan fingerprint density at radius 3 is 3.10 bits per heavy atom. The highest BCUT2D eigenvalue weighted by molar-refractivity contribution is 5.75. The second kappa shape index (κ2) is 1.80. The average Bonchev–Trinajstić information content (AvgIpc) is 2.36. The number of nitrogens with zero attached hydrogens (tertiary/aromatic N) is 2. The molecule has 1 aromatic carbocycles. The van der Waals surface area contributed by atoms with Gasteiger partial charge in [0, 0.05) is 5.27 Å². The third-order valence-electron chi connectivity index (χ3n) is 1.36. The van der Waals surface area contributed by atoms with Crippen LogP contribution < -0.4 is 0 Å². The topological polar surface area (TPSA) is 38.9 Å². The molecule has 0 aliphatic carbocycles. The van der Waals surface area contributed by atoms with Crippen molar-refractivity contribution in [2.24, 2.45) is 0 Å². The average molecular weight is 133 g/mol. The summed E-state index contributed by atoms with van der Waals surface area (Å²) in [4.78, 5) is 0. The molecule has 0 saturated heterocycles. The van der Waals surface area contributed by atoms with E-state index < -0.39 is 0 Å². The van der Waals surface area contributed by atoms with Crippen molar-refractivity contribution in [2.45, 2.75) is 0 Å². The Morgan fingerprint density at radius 1 is 1.40 bits per heavy atom. The molecule has 0 N–H and O–H groups in total. The lowest BCUT2D eigenvalue weighted by Crippen LogP contribution is -1.73. The Morgan fingerprint density at radius 2 is 2.30 bits per heavy atom. The van der Waals surface area contributed by atoms with E-state index in [0.717, 1.165) is 11.1 Å². The molecule has 1 heterocycles. The van der Waals surface area contributed by atoms with E-state index >= 15 is 0 Å². The van der Waals surface area contributed by atoms with E-state index in [-0.39, 0.29) is 0 Å². The molecule has 1 radical (unpaired) electrons. The molecule has 0 amide bonds. The van der Waals surface area contributed by atoms with Gasteiger partial charge in [0.2, 0.25) is 0 Å². The normalized spacial score (nSPS) is 10.5. The molecule has 0 spiro atoms. The first kappa shape index (κ1) is 5.41. The largest absolute Gasteiger partial charge is 0.337 e. The highest BCUT2D eigenvalue weighted by Gasteiger charge is 1.99. The highest BCUT2D eigenvalue weighted by Crippen LogP contribution is 2.13. The van der Waals surface area contributed by atoms with Crippen molar-refractivity contribution in [3.05, 3.63) is 30.7 Å². The monoisotopic (exact) mass is 133 g/mol. The standard InChI is InChI=1S/C7H5N2O/c1-5-3-2-4-6-7(5)8-9-10-6/h2-4H,1H2. The first-order valence-electron chi connectivity index (χ1n) is 2.91. The van der Waals surface area contributed by atoms with Gasteiger partial charge < -0.3 is 4.52 Å². The van der Waals surface area contributed by atoms with Crippen molar-refractivity contribution >= 4 is 11.1 Å².